The Balaban J connectivity index is 2.66. The second-order valence-corrected chi connectivity index (χ2v) is 2.73. The average Bonchev–Trinajstić information content (AvgIpc) is 2.09. The van der Waals surface area contributed by atoms with Gasteiger partial charge in [0.25, 0.3) is 6.20 Å². The fourth-order valence-electron chi connectivity index (χ4n) is 1.15. The highest BCUT2D eigenvalue weighted by atomic mass is 16.6. The van der Waals surface area contributed by atoms with Crippen LogP contribution < -0.4 is 5.32 Å². The Morgan fingerprint density at radius 3 is 2.91 bits per heavy atom. The van der Waals surface area contributed by atoms with Crippen LogP contribution in [0.4, 0.5) is 0 Å². The molecule has 0 bridgehead atoms. The number of hydrogen-bond donors (Lipinski definition) is 1. The first-order valence-corrected chi connectivity index (χ1v) is 3.42. The maximum atomic E-state index is 10.1. The fraction of sp³-hybridized carbons (Fsp3) is 0.667. The van der Waals surface area contributed by atoms with Gasteiger partial charge in [-0.05, 0) is 6.92 Å². The zero-order valence-corrected chi connectivity index (χ0v) is 6.57. The summed E-state index contributed by atoms with van der Waals surface area (Å²) in [6.07, 6.45) is 0.990. The second kappa shape index (κ2) is 2.77. The van der Waals surface area contributed by atoms with Crippen LogP contribution in [0, 0.1) is 10.1 Å². The minimum atomic E-state index is -0.448. The third-order valence-corrected chi connectivity index (χ3v) is 1.58. The molecule has 0 radical (unpaired) electrons. The van der Waals surface area contributed by atoms with Crippen LogP contribution in [0.5, 0.6) is 0 Å². The first-order valence-electron chi connectivity index (χ1n) is 3.42. The lowest BCUT2D eigenvalue weighted by Crippen LogP contribution is -2.18. The Morgan fingerprint density at radius 2 is 2.55 bits per heavy atom. The Bertz CT molecular complexity index is 202. The minimum absolute atomic E-state index is 0.297. The summed E-state index contributed by atoms with van der Waals surface area (Å²) in [4.78, 5) is 11.4. The maximum Gasteiger partial charge on any atom is 0.274 e. The van der Waals surface area contributed by atoms with Gasteiger partial charge in [-0.15, -0.1) is 0 Å². The van der Waals surface area contributed by atoms with Gasteiger partial charge in [-0.1, -0.05) is 0 Å². The molecule has 0 aliphatic carbocycles. The van der Waals surface area contributed by atoms with E-state index in [0.717, 1.165) is 12.7 Å². The summed E-state index contributed by atoms with van der Waals surface area (Å²) >= 11 is 0. The molecule has 1 heterocycles. The van der Waals surface area contributed by atoms with Crippen molar-refractivity contribution in [1.82, 2.24) is 10.2 Å². The van der Waals surface area contributed by atoms with Crippen LogP contribution in [0.1, 0.15) is 6.92 Å². The molecule has 1 unspecified atom stereocenters. The van der Waals surface area contributed by atoms with Gasteiger partial charge in [-0.3, -0.25) is 10.1 Å². The molecule has 1 saturated heterocycles. The molecule has 5 heteroatoms. The summed E-state index contributed by atoms with van der Waals surface area (Å²) < 4.78 is 0. The lowest BCUT2D eigenvalue weighted by molar-refractivity contribution is -0.404. The fourth-order valence-corrected chi connectivity index (χ4v) is 1.15. The van der Waals surface area contributed by atoms with Crippen LogP contribution in [-0.2, 0) is 0 Å². The second-order valence-electron chi connectivity index (χ2n) is 2.73. The van der Waals surface area contributed by atoms with Crippen molar-refractivity contribution < 1.29 is 4.92 Å². The summed E-state index contributed by atoms with van der Waals surface area (Å²) in [5.74, 6) is 0.586. The van der Waals surface area contributed by atoms with Gasteiger partial charge >= 0.3 is 0 Å². The van der Waals surface area contributed by atoms with E-state index in [4.69, 9.17) is 0 Å². The van der Waals surface area contributed by atoms with E-state index in [1.807, 2.05) is 18.9 Å². The molecule has 5 nitrogen and oxygen atoms in total. The van der Waals surface area contributed by atoms with E-state index in [1.54, 1.807) is 0 Å². The lowest BCUT2D eigenvalue weighted by Gasteiger charge is -2.06. The van der Waals surface area contributed by atoms with Crippen molar-refractivity contribution in [1.29, 1.82) is 0 Å². The molecule has 1 N–H and O–H groups in total. The van der Waals surface area contributed by atoms with E-state index in [-0.39, 0.29) is 0 Å². The molecule has 1 aliphatic rings. The van der Waals surface area contributed by atoms with E-state index in [2.05, 4.69) is 5.32 Å². The van der Waals surface area contributed by atoms with Crippen molar-refractivity contribution in [2.24, 2.45) is 0 Å². The first-order chi connectivity index (χ1) is 5.09. The summed E-state index contributed by atoms with van der Waals surface area (Å²) in [6.45, 7) is 2.80. The Labute approximate surface area is 64.8 Å². The molecular formula is C6H11N3O2. The van der Waals surface area contributed by atoms with Crippen molar-refractivity contribution in [2.75, 3.05) is 13.6 Å². The van der Waals surface area contributed by atoms with Gasteiger partial charge in [0.05, 0.1) is 4.92 Å². The van der Waals surface area contributed by atoms with Crippen molar-refractivity contribution in [3.63, 3.8) is 0 Å². The first kappa shape index (κ1) is 7.84. The summed E-state index contributed by atoms with van der Waals surface area (Å²) in [5, 5.41) is 13.1. The zero-order valence-electron chi connectivity index (χ0n) is 6.57. The highest BCUT2D eigenvalue weighted by Crippen LogP contribution is 2.08. The summed E-state index contributed by atoms with van der Waals surface area (Å²) in [7, 11) is 1.83. The lowest BCUT2D eigenvalue weighted by atomic mass is 10.4. The van der Waals surface area contributed by atoms with Crippen LogP contribution in [0.2, 0.25) is 0 Å². The van der Waals surface area contributed by atoms with Crippen molar-refractivity contribution >= 4 is 0 Å². The molecule has 1 atom stereocenters. The molecule has 0 aromatic carbocycles. The Hall–Kier alpha value is -1.26. The van der Waals surface area contributed by atoms with Gasteiger partial charge in [0.1, 0.15) is 0 Å². The van der Waals surface area contributed by atoms with E-state index in [9.17, 15) is 10.1 Å². The predicted molar refractivity (Wildman–Crippen MR) is 40.3 cm³/mol. The highest BCUT2D eigenvalue weighted by molar-refractivity contribution is 5.01. The van der Waals surface area contributed by atoms with Crippen molar-refractivity contribution in [3.05, 3.63) is 22.1 Å². The average molecular weight is 157 g/mol. The van der Waals surface area contributed by atoms with Crippen molar-refractivity contribution in [3.8, 4) is 0 Å². The van der Waals surface area contributed by atoms with E-state index in [0.29, 0.717) is 11.9 Å². The zero-order chi connectivity index (χ0) is 8.43. The molecule has 0 spiro atoms. The Kier molecular flexibility index (Phi) is 1.98. The minimum Gasteiger partial charge on any atom is -0.362 e. The normalized spacial score (nSPS) is 27.3. The quantitative estimate of drug-likeness (QED) is 0.429. The number of hydrogen-bond acceptors (Lipinski definition) is 4. The molecule has 0 amide bonds. The number of rotatable bonds is 1. The molecule has 1 fully saturated rings. The SMILES string of the molecule is CC1CN(C)C(=C[N+](=O)[O-])N1. The third kappa shape index (κ3) is 1.83. The van der Waals surface area contributed by atoms with Crippen LogP contribution in [0.25, 0.3) is 0 Å². The maximum absolute atomic E-state index is 10.1. The summed E-state index contributed by atoms with van der Waals surface area (Å²) in [6, 6.07) is 0.297. The molecule has 1 aliphatic heterocycles. The van der Waals surface area contributed by atoms with Gasteiger partial charge in [0, 0.05) is 19.6 Å². The molecule has 1 rings (SSSR count). The summed E-state index contributed by atoms with van der Waals surface area (Å²) in [5.41, 5.74) is 0. The van der Waals surface area contributed by atoms with E-state index in [1.165, 1.54) is 0 Å². The monoisotopic (exact) mass is 157 g/mol. The number of nitrogens with one attached hydrogen (secondary N) is 1. The largest absolute Gasteiger partial charge is 0.362 e. The molecular weight excluding hydrogens is 146 g/mol. The smallest absolute Gasteiger partial charge is 0.274 e. The van der Waals surface area contributed by atoms with Crippen LogP contribution >= 0.6 is 0 Å². The Morgan fingerprint density at radius 1 is 1.91 bits per heavy atom. The molecule has 0 aromatic rings. The van der Waals surface area contributed by atoms with Gasteiger partial charge < -0.3 is 10.2 Å². The van der Waals surface area contributed by atoms with E-state index < -0.39 is 4.92 Å². The predicted octanol–water partition coefficient (Wildman–Crippen LogP) is -0.0145. The number of nitro groups is 1. The molecule has 62 valence electrons. The number of likely N-dealkylation sites (N-methyl/N-ethyl adjacent to an activating group) is 1. The van der Waals surface area contributed by atoms with Crippen LogP contribution in [0.3, 0.4) is 0 Å². The van der Waals surface area contributed by atoms with Gasteiger partial charge in [0.2, 0.25) is 0 Å². The molecule has 0 saturated carbocycles. The standard InChI is InChI=1S/C6H11N3O2/c1-5-3-8(2)6(7-5)4-9(10)11/h4-5,7H,3H2,1-2H3. The molecule has 11 heavy (non-hydrogen) atoms. The van der Waals surface area contributed by atoms with Gasteiger partial charge in [0.15, 0.2) is 5.82 Å². The van der Waals surface area contributed by atoms with Gasteiger partial charge in [-0.25, -0.2) is 0 Å². The van der Waals surface area contributed by atoms with Gasteiger partial charge in [-0.2, -0.15) is 0 Å². The van der Waals surface area contributed by atoms with Crippen LogP contribution in [0.15, 0.2) is 12.0 Å². The topological polar surface area (TPSA) is 58.4 Å². The third-order valence-electron chi connectivity index (χ3n) is 1.58. The van der Waals surface area contributed by atoms with Crippen LogP contribution in [-0.4, -0.2) is 29.5 Å². The highest BCUT2D eigenvalue weighted by Gasteiger charge is 2.20. The van der Waals surface area contributed by atoms with Crippen molar-refractivity contribution in [2.45, 2.75) is 13.0 Å². The van der Waals surface area contributed by atoms with E-state index >= 15 is 0 Å². The number of nitrogens with zero attached hydrogens (tertiary/aromatic N) is 2. The molecule has 0 aromatic heterocycles.